The van der Waals surface area contributed by atoms with E-state index in [9.17, 15) is 4.79 Å². The Labute approximate surface area is 150 Å². The molecule has 0 unspecified atom stereocenters. The fourth-order valence-electron chi connectivity index (χ4n) is 2.30. The number of ether oxygens (including phenoxy) is 2. The van der Waals surface area contributed by atoms with Crippen LogP contribution in [0.4, 0.5) is 0 Å². The zero-order chi connectivity index (χ0) is 16.8. The van der Waals surface area contributed by atoms with E-state index in [1.54, 1.807) is 14.2 Å². The molecule has 0 atom stereocenters. The predicted octanol–water partition coefficient (Wildman–Crippen LogP) is 3.97. The van der Waals surface area contributed by atoms with Crippen LogP contribution >= 0.6 is 22.6 Å². The SMILES string of the molecule is CCN(Cc1ccc(OC)c(OC)c1)C(=O)c1ccc(I)cc1. The summed E-state index contributed by atoms with van der Waals surface area (Å²) < 4.78 is 11.7. The molecule has 0 bridgehead atoms. The number of halogens is 1. The van der Waals surface area contributed by atoms with E-state index in [0.717, 1.165) is 9.13 Å². The van der Waals surface area contributed by atoms with Gasteiger partial charge in [-0.05, 0) is 71.5 Å². The molecule has 23 heavy (non-hydrogen) atoms. The number of carbonyl (C=O) groups is 1. The first-order valence-corrected chi connectivity index (χ1v) is 8.42. The normalized spacial score (nSPS) is 10.3. The first-order chi connectivity index (χ1) is 11.1. The number of rotatable bonds is 6. The van der Waals surface area contributed by atoms with Crippen LogP contribution in [0.25, 0.3) is 0 Å². The molecule has 0 N–H and O–H groups in total. The smallest absolute Gasteiger partial charge is 0.254 e. The second kappa shape index (κ2) is 8.19. The molecule has 0 spiro atoms. The van der Waals surface area contributed by atoms with E-state index in [1.165, 1.54) is 0 Å². The highest BCUT2D eigenvalue weighted by molar-refractivity contribution is 14.1. The van der Waals surface area contributed by atoms with Gasteiger partial charge in [-0.3, -0.25) is 4.79 Å². The summed E-state index contributed by atoms with van der Waals surface area (Å²) >= 11 is 2.23. The fourth-order valence-corrected chi connectivity index (χ4v) is 2.66. The fraction of sp³-hybridized carbons (Fsp3) is 0.278. The van der Waals surface area contributed by atoms with Crippen LogP contribution in [-0.2, 0) is 6.54 Å². The summed E-state index contributed by atoms with van der Waals surface area (Å²) in [6.07, 6.45) is 0. The van der Waals surface area contributed by atoms with Gasteiger partial charge in [-0.25, -0.2) is 0 Å². The van der Waals surface area contributed by atoms with Gasteiger partial charge in [0.1, 0.15) is 0 Å². The van der Waals surface area contributed by atoms with Crippen molar-refractivity contribution in [1.82, 2.24) is 4.90 Å². The van der Waals surface area contributed by atoms with Crippen LogP contribution in [0.15, 0.2) is 42.5 Å². The number of methoxy groups -OCH3 is 2. The maximum absolute atomic E-state index is 12.6. The van der Waals surface area contributed by atoms with Crippen molar-refractivity contribution in [2.75, 3.05) is 20.8 Å². The number of amides is 1. The number of hydrogen-bond acceptors (Lipinski definition) is 3. The zero-order valence-corrected chi connectivity index (χ0v) is 15.7. The zero-order valence-electron chi connectivity index (χ0n) is 13.5. The summed E-state index contributed by atoms with van der Waals surface area (Å²) in [6, 6.07) is 13.3. The van der Waals surface area contributed by atoms with Crippen LogP contribution in [0.5, 0.6) is 11.5 Å². The number of carbonyl (C=O) groups excluding carboxylic acids is 1. The Morgan fingerprint density at radius 2 is 1.70 bits per heavy atom. The third-order valence-corrected chi connectivity index (χ3v) is 4.30. The van der Waals surface area contributed by atoms with Crippen molar-refractivity contribution in [1.29, 1.82) is 0 Å². The Kier molecular flexibility index (Phi) is 6.27. The molecule has 5 heteroatoms. The van der Waals surface area contributed by atoms with Gasteiger partial charge in [0.15, 0.2) is 11.5 Å². The average Bonchev–Trinajstić information content (AvgIpc) is 2.59. The molecule has 2 rings (SSSR count). The molecule has 4 nitrogen and oxygen atoms in total. The van der Waals surface area contributed by atoms with E-state index in [0.29, 0.717) is 30.2 Å². The van der Waals surface area contributed by atoms with Crippen molar-refractivity contribution in [3.63, 3.8) is 0 Å². The lowest BCUT2D eigenvalue weighted by Crippen LogP contribution is -2.30. The molecule has 0 aliphatic heterocycles. The molecule has 1 amide bonds. The summed E-state index contributed by atoms with van der Waals surface area (Å²) in [7, 11) is 3.21. The summed E-state index contributed by atoms with van der Waals surface area (Å²) in [5.41, 5.74) is 1.70. The van der Waals surface area contributed by atoms with Gasteiger partial charge in [0, 0.05) is 22.2 Å². The van der Waals surface area contributed by atoms with Crippen molar-refractivity contribution < 1.29 is 14.3 Å². The third kappa shape index (κ3) is 4.37. The first-order valence-electron chi connectivity index (χ1n) is 7.34. The van der Waals surface area contributed by atoms with Crippen molar-refractivity contribution in [3.8, 4) is 11.5 Å². The predicted molar refractivity (Wildman–Crippen MR) is 99.1 cm³/mol. The Morgan fingerprint density at radius 3 is 2.26 bits per heavy atom. The van der Waals surface area contributed by atoms with Gasteiger partial charge >= 0.3 is 0 Å². The molecule has 122 valence electrons. The summed E-state index contributed by atoms with van der Waals surface area (Å²) in [6.45, 7) is 3.15. The monoisotopic (exact) mass is 425 g/mol. The first kappa shape index (κ1) is 17.6. The Morgan fingerprint density at radius 1 is 1.04 bits per heavy atom. The molecular weight excluding hydrogens is 405 g/mol. The minimum absolute atomic E-state index is 0.0266. The van der Waals surface area contributed by atoms with Gasteiger partial charge in [0.2, 0.25) is 0 Å². The molecule has 0 heterocycles. The second-order valence-corrected chi connectivity index (χ2v) is 6.26. The molecule has 0 saturated heterocycles. The van der Waals surface area contributed by atoms with Crippen LogP contribution in [0.1, 0.15) is 22.8 Å². The lowest BCUT2D eigenvalue weighted by molar-refractivity contribution is 0.0752. The molecule has 2 aromatic carbocycles. The quantitative estimate of drug-likeness (QED) is 0.658. The molecule has 0 fully saturated rings. The minimum atomic E-state index is 0.0266. The highest BCUT2D eigenvalue weighted by Gasteiger charge is 2.15. The van der Waals surface area contributed by atoms with Crippen molar-refractivity contribution in [2.24, 2.45) is 0 Å². The molecule has 0 aliphatic rings. The molecule has 0 saturated carbocycles. The molecule has 0 aromatic heterocycles. The van der Waals surface area contributed by atoms with Gasteiger partial charge in [0.05, 0.1) is 14.2 Å². The van der Waals surface area contributed by atoms with Crippen molar-refractivity contribution in [2.45, 2.75) is 13.5 Å². The van der Waals surface area contributed by atoms with E-state index in [1.807, 2.05) is 54.3 Å². The van der Waals surface area contributed by atoms with E-state index in [4.69, 9.17) is 9.47 Å². The van der Waals surface area contributed by atoms with Gasteiger partial charge in [0.25, 0.3) is 5.91 Å². The Bertz CT molecular complexity index is 670. The van der Waals surface area contributed by atoms with Gasteiger partial charge in [-0.1, -0.05) is 6.07 Å². The van der Waals surface area contributed by atoms with Gasteiger partial charge in [-0.15, -0.1) is 0 Å². The lowest BCUT2D eigenvalue weighted by Gasteiger charge is -2.21. The molecular formula is C18H20INO3. The summed E-state index contributed by atoms with van der Waals surface area (Å²) in [5.74, 6) is 1.38. The number of benzene rings is 2. The van der Waals surface area contributed by atoms with Crippen molar-refractivity contribution >= 4 is 28.5 Å². The standard InChI is InChI=1S/C18H20INO3/c1-4-20(18(21)14-6-8-15(19)9-7-14)12-13-5-10-16(22-2)17(11-13)23-3/h5-11H,4,12H2,1-3H3. The minimum Gasteiger partial charge on any atom is -0.493 e. The lowest BCUT2D eigenvalue weighted by atomic mass is 10.1. The maximum atomic E-state index is 12.6. The maximum Gasteiger partial charge on any atom is 0.254 e. The van der Waals surface area contributed by atoms with Crippen molar-refractivity contribution in [3.05, 3.63) is 57.2 Å². The summed E-state index contributed by atoms with van der Waals surface area (Å²) in [5, 5.41) is 0. The van der Waals surface area contributed by atoms with Crippen LogP contribution < -0.4 is 9.47 Å². The van der Waals surface area contributed by atoms with Gasteiger partial charge < -0.3 is 14.4 Å². The Balaban J connectivity index is 2.18. The van der Waals surface area contributed by atoms with E-state index in [-0.39, 0.29) is 5.91 Å². The molecule has 2 aromatic rings. The molecule has 0 aliphatic carbocycles. The summed E-state index contributed by atoms with van der Waals surface area (Å²) in [4.78, 5) is 14.4. The number of nitrogens with zero attached hydrogens (tertiary/aromatic N) is 1. The van der Waals surface area contributed by atoms with Crippen LogP contribution in [0, 0.1) is 3.57 Å². The topological polar surface area (TPSA) is 38.8 Å². The average molecular weight is 425 g/mol. The largest absolute Gasteiger partial charge is 0.493 e. The Hall–Kier alpha value is -1.76. The number of hydrogen-bond donors (Lipinski definition) is 0. The molecule has 0 radical (unpaired) electrons. The van der Waals surface area contributed by atoms with E-state index >= 15 is 0 Å². The van der Waals surface area contributed by atoms with Crippen LogP contribution in [0.2, 0.25) is 0 Å². The highest BCUT2D eigenvalue weighted by atomic mass is 127. The van der Waals surface area contributed by atoms with E-state index < -0.39 is 0 Å². The van der Waals surface area contributed by atoms with E-state index in [2.05, 4.69) is 22.6 Å². The highest BCUT2D eigenvalue weighted by Crippen LogP contribution is 2.28. The van der Waals surface area contributed by atoms with Crippen LogP contribution in [0.3, 0.4) is 0 Å². The second-order valence-electron chi connectivity index (χ2n) is 5.02. The third-order valence-electron chi connectivity index (χ3n) is 3.58. The van der Waals surface area contributed by atoms with Crippen LogP contribution in [-0.4, -0.2) is 31.6 Å². The van der Waals surface area contributed by atoms with Gasteiger partial charge in [-0.2, -0.15) is 0 Å².